The molecule has 3 aromatic rings. The Balaban J connectivity index is 1.29. The van der Waals surface area contributed by atoms with E-state index in [2.05, 4.69) is 21.2 Å². The molecule has 0 atom stereocenters. The zero-order valence-corrected chi connectivity index (χ0v) is 16.5. The largest absolute Gasteiger partial charge is 0.495 e. The predicted molar refractivity (Wildman–Crippen MR) is 108 cm³/mol. The molecule has 1 saturated heterocycles. The lowest BCUT2D eigenvalue weighted by Crippen LogP contribution is -2.48. The van der Waals surface area contributed by atoms with Gasteiger partial charge in [0.1, 0.15) is 5.75 Å². The molecule has 0 saturated carbocycles. The van der Waals surface area contributed by atoms with E-state index in [9.17, 15) is 4.79 Å². The smallest absolute Gasteiger partial charge is 0.257 e. The summed E-state index contributed by atoms with van der Waals surface area (Å²) in [5, 5.41) is 10.1. The fourth-order valence-electron chi connectivity index (χ4n) is 3.31. The van der Waals surface area contributed by atoms with Crippen LogP contribution in [0.2, 0.25) is 0 Å². The quantitative estimate of drug-likeness (QED) is 0.635. The third kappa shape index (κ3) is 4.01. The number of carbonyl (C=O) groups is 1. The predicted octanol–water partition coefficient (Wildman–Crippen LogP) is 3.09. The second-order valence-corrected chi connectivity index (χ2v) is 7.47. The molecule has 28 heavy (non-hydrogen) atoms. The van der Waals surface area contributed by atoms with Crippen LogP contribution in [0.1, 0.15) is 12.3 Å². The van der Waals surface area contributed by atoms with Gasteiger partial charge in [-0.05, 0) is 23.6 Å². The van der Waals surface area contributed by atoms with Gasteiger partial charge in [0.25, 0.3) is 5.89 Å². The van der Waals surface area contributed by atoms with Gasteiger partial charge in [-0.2, -0.15) is 0 Å². The molecule has 0 radical (unpaired) electrons. The summed E-state index contributed by atoms with van der Waals surface area (Å²) in [6, 6.07) is 11.9. The number of ether oxygens (including phenoxy) is 1. The molecule has 1 aliphatic heterocycles. The number of amides is 1. The van der Waals surface area contributed by atoms with Crippen molar-refractivity contribution in [1.82, 2.24) is 15.1 Å². The maximum atomic E-state index is 12.6. The van der Waals surface area contributed by atoms with Gasteiger partial charge in [-0.25, -0.2) is 0 Å². The number of anilines is 1. The van der Waals surface area contributed by atoms with E-state index in [-0.39, 0.29) is 5.91 Å². The number of methoxy groups -OCH3 is 1. The van der Waals surface area contributed by atoms with Gasteiger partial charge in [0, 0.05) is 39.0 Å². The standard InChI is InChI=1S/C20H22N4O3S/c1-26-16-6-3-2-5-15(16)23-10-12-24(13-11-23)19(25)9-8-18-21-22-20(27-18)17-7-4-14-28-17/h2-7,14H,8-13H2,1H3. The average molecular weight is 398 g/mol. The van der Waals surface area contributed by atoms with Crippen molar-refractivity contribution in [2.45, 2.75) is 12.8 Å². The zero-order chi connectivity index (χ0) is 19.3. The monoisotopic (exact) mass is 398 g/mol. The first-order valence-corrected chi connectivity index (χ1v) is 10.1. The second-order valence-electron chi connectivity index (χ2n) is 6.52. The van der Waals surface area contributed by atoms with E-state index >= 15 is 0 Å². The summed E-state index contributed by atoms with van der Waals surface area (Å²) >= 11 is 1.55. The fourth-order valence-corrected chi connectivity index (χ4v) is 3.96. The first-order chi connectivity index (χ1) is 13.7. The highest BCUT2D eigenvalue weighted by atomic mass is 32.1. The van der Waals surface area contributed by atoms with Crippen LogP contribution in [-0.4, -0.2) is 54.3 Å². The molecule has 8 heteroatoms. The van der Waals surface area contributed by atoms with E-state index in [0.29, 0.717) is 37.7 Å². The van der Waals surface area contributed by atoms with Crippen molar-refractivity contribution in [3.8, 4) is 16.5 Å². The highest BCUT2D eigenvalue weighted by Crippen LogP contribution is 2.28. The van der Waals surface area contributed by atoms with Gasteiger partial charge >= 0.3 is 0 Å². The van der Waals surface area contributed by atoms with E-state index < -0.39 is 0 Å². The van der Waals surface area contributed by atoms with Gasteiger partial charge in [0.15, 0.2) is 0 Å². The minimum absolute atomic E-state index is 0.121. The third-order valence-corrected chi connectivity index (χ3v) is 5.67. The number of piperazine rings is 1. The summed E-state index contributed by atoms with van der Waals surface area (Å²) in [7, 11) is 1.68. The fraction of sp³-hybridized carbons (Fsp3) is 0.350. The molecule has 146 valence electrons. The molecular formula is C20H22N4O3S. The van der Waals surface area contributed by atoms with E-state index in [1.807, 2.05) is 40.6 Å². The highest BCUT2D eigenvalue weighted by molar-refractivity contribution is 7.13. The van der Waals surface area contributed by atoms with Crippen LogP contribution in [0.25, 0.3) is 10.8 Å². The number of benzene rings is 1. The molecule has 1 aromatic carbocycles. The topological polar surface area (TPSA) is 71.7 Å². The molecular weight excluding hydrogens is 376 g/mol. The Hall–Kier alpha value is -2.87. The molecule has 3 heterocycles. The number of aromatic nitrogens is 2. The lowest BCUT2D eigenvalue weighted by molar-refractivity contribution is -0.131. The summed E-state index contributed by atoms with van der Waals surface area (Å²) in [5.74, 6) is 2.00. The molecule has 1 fully saturated rings. The Morgan fingerprint density at radius 3 is 2.71 bits per heavy atom. The van der Waals surface area contributed by atoms with Gasteiger partial charge < -0.3 is 19.0 Å². The van der Waals surface area contributed by atoms with Crippen LogP contribution in [0.4, 0.5) is 5.69 Å². The third-order valence-electron chi connectivity index (χ3n) is 4.81. The van der Waals surface area contributed by atoms with Crippen molar-refractivity contribution < 1.29 is 13.9 Å². The molecule has 7 nitrogen and oxygen atoms in total. The maximum absolute atomic E-state index is 12.6. The number of aryl methyl sites for hydroxylation is 1. The molecule has 0 spiro atoms. The molecule has 1 amide bonds. The zero-order valence-electron chi connectivity index (χ0n) is 15.7. The number of carbonyl (C=O) groups excluding carboxylic acids is 1. The summed E-state index contributed by atoms with van der Waals surface area (Å²) < 4.78 is 11.1. The number of hydrogen-bond donors (Lipinski definition) is 0. The maximum Gasteiger partial charge on any atom is 0.257 e. The summed E-state index contributed by atoms with van der Waals surface area (Å²) in [4.78, 5) is 17.7. The molecule has 2 aromatic heterocycles. The first-order valence-electron chi connectivity index (χ1n) is 9.26. The van der Waals surface area contributed by atoms with E-state index in [0.717, 1.165) is 29.4 Å². The molecule has 0 bridgehead atoms. The summed E-state index contributed by atoms with van der Waals surface area (Å²) in [6.07, 6.45) is 0.838. The van der Waals surface area contributed by atoms with Crippen LogP contribution in [0.15, 0.2) is 46.2 Å². The molecule has 0 N–H and O–H groups in total. The Kier molecular flexibility index (Phi) is 5.57. The summed E-state index contributed by atoms with van der Waals surface area (Å²) in [6.45, 7) is 2.96. The van der Waals surface area contributed by atoms with E-state index in [4.69, 9.17) is 9.15 Å². The van der Waals surface area contributed by atoms with Crippen molar-refractivity contribution in [2.24, 2.45) is 0 Å². The Morgan fingerprint density at radius 2 is 1.96 bits per heavy atom. The van der Waals surface area contributed by atoms with Crippen molar-refractivity contribution in [3.63, 3.8) is 0 Å². The number of para-hydroxylation sites is 2. The summed E-state index contributed by atoms with van der Waals surface area (Å²) in [5.41, 5.74) is 1.07. The SMILES string of the molecule is COc1ccccc1N1CCN(C(=O)CCc2nnc(-c3cccs3)o2)CC1. The molecule has 4 rings (SSSR count). The Morgan fingerprint density at radius 1 is 1.14 bits per heavy atom. The Bertz CT molecular complexity index is 917. The van der Waals surface area contributed by atoms with Gasteiger partial charge in [-0.15, -0.1) is 21.5 Å². The minimum atomic E-state index is 0.121. The first kappa shape index (κ1) is 18.5. The molecule has 0 unspecified atom stereocenters. The van der Waals surface area contributed by atoms with Crippen molar-refractivity contribution >= 4 is 22.9 Å². The van der Waals surface area contributed by atoms with Crippen molar-refractivity contribution in [1.29, 1.82) is 0 Å². The van der Waals surface area contributed by atoms with E-state index in [1.165, 1.54) is 0 Å². The highest BCUT2D eigenvalue weighted by Gasteiger charge is 2.23. The van der Waals surface area contributed by atoms with Gasteiger partial charge in [0.2, 0.25) is 11.8 Å². The van der Waals surface area contributed by atoms with Crippen molar-refractivity contribution in [2.75, 3.05) is 38.2 Å². The van der Waals surface area contributed by atoms with Crippen LogP contribution in [0.3, 0.4) is 0 Å². The normalized spacial score (nSPS) is 14.3. The number of rotatable bonds is 6. The number of hydrogen-bond acceptors (Lipinski definition) is 7. The average Bonchev–Trinajstić information content (AvgIpc) is 3.44. The number of nitrogens with zero attached hydrogens (tertiary/aromatic N) is 4. The molecule has 0 aliphatic carbocycles. The van der Waals surface area contributed by atoms with Crippen LogP contribution in [0, 0.1) is 0 Å². The van der Waals surface area contributed by atoms with Crippen LogP contribution >= 0.6 is 11.3 Å². The van der Waals surface area contributed by atoms with E-state index in [1.54, 1.807) is 18.4 Å². The van der Waals surface area contributed by atoms with Crippen molar-refractivity contribution in [3.05, 3.63) is 47.7 Å². The van der Waals surface area contributed by atoms with Crippen LogP contribution in [0.5, 0.6) is 5.75 Å². The minimum Gasteiger partial charge on any atom is -0.495 e. The molecule has 1 aliphatic rings. The van der Waals surface area contributed by atoms with Crippen LogP contribution in [-0.2, 0) is 11.2 Å². The lowest BCUT2D eigenvalue weighted by atomic mass is 10.2. The van der Waals surface area contributed by atoms with Gasteiger partial charge in [0.05, 0.1) is 17.7 Å². The Labute approximate surface area is 167 Å². The van der Waals surface area contributed by atoms with Gasteiger partial charge in [-0.3, -0.25) is 4.79 Å². The number of thiophene rings is 1. The lowest BCUT2D eigenvalue weighted by Gasteiger charge is -2.36. The van der Waals surface area contributed by atoms with Crippen LogP contribution < -0.4 is 9.64 Å². The second kappa shape index (κ2) is 8.43. The van der Waals surface area contributed by atoms with Gasteiger partial charge in [-0.1, -0.05) is 18.2 Å².